The van der Waals surface area contributed by atoms with Gasteiger partial charge in [-0.3, -0.25) is 4.79 Å². The molecule has 15 heavy (non-hydrogen) atoms. The van der Waals surface area contributed by atoms with Gasteiger partial charge in [0.25, 0.3) is 0 Å². The van der Waals surface area contributed by atoms with Gasteiger partial charge in [0.05, 0.1) is 0 Å². The van der Waals surface area contributed by atoms with Crippen LogP contribution in [0.15, 0.2) is 0 Å². The molecule has 0 saturated carbocycles. The first-order chi connectivity index (χ1) is 7.06. The van der Waals surface area contributed by atoms with Crippen molar-refractivity contribution in [2.75, 3.05) is 7.11 Å². The molecule has 0 heterocycles. The molecule has 0 spiro atoms. The summed E-state index contributed by atoms with van der Waals surface area (Å²) in [6, 6.07) is 0. The first-order valence-electron chi connectivity index (χ1n) is 5.92. The van der Waals surface area contributed by atoms with Crippen molar-refractivity contribution in [2.24, 2.45) is 5.73 Å². The third-order valence-electron chi connectivity index (χ3n) is 2.98. The molecule has 0 aliphatic heterocycles. The summed E-state index contributed by atoms with van der Waals surface area (Å²) in [5, 5.41) is 0. The molecule has 0 bridgehead atoms. The van der Waals surface area contributed by atoms with E-state index in [0.29, 0.717) is 0 Å². The van der Waals surface area contributed by atoms with E-state index < -0.39 is 5.60 Å². The highest BCUT2D eigenvalue weighted by Gasteiger charge is 2.29. The average Bonchev–Trinajstić information content (AvgIpc) is 2.22. The molecule has 3 nitrogen and oxygen atoms in total. The minimum atomic E-state index is -0.773. The molecular formula is C12H25NO2. The minimum absolute atomic E-state index is 0.362. The van der Waals surface area contributed by atoms with Crippen LogP contribution in [0, 0.1) is 0 Å². The average molecular weight is 215 g/mol. The molecule has 0 fully saturated rings. The summed E-state index contributed by atoms with van der Waals surface area (Å²) in [7, 11) is 1.54. The fourth-order valence-corrected chi connectivity index (χ4v) is 1.57. The zero-order chi connectivity index (χ0) is 11.7. The maximum Gasteiger partial charge on any atom is 0.249 e. The van der Waals surface area contributed by atoms with Gasteiger partial charge in [0.2, 0.25) is 5.91 Å². The second-order valence-corrected chi connectivity index (χ2v) is 4.32. The van der Waals surface area contributed by atoms with Gasteiger partial charge in [-0.15, -0.1) is 0 Å². The number of hydrogen-bond acceptors (Lipinski definition) is 2. The van der Waals surface area contributed by atoms with Crippen molar-refractivity contribution in [1.82, 2.24) is 0 Å². The van der Waals surface area contributed by atoms with Gasteiger partial charge in [0, 0.05) is 7.11 Å². The van der Waals surface area contributed by atoms with Gasteiger partial charge in [-0.2, -0.15) is 0 Å². The Morgan fingerprint density at radius 3 is 2.20 bits per heavy atom. The predicted molar refractivity (Wildman–Crippen MR) is 62.6 cm³/mol. The Morgan fingerprint density at radius 1 is 1.20 bits per heavy atom. The summed E-state index contributed by atoms with van der Waals surface area (Å²) in [6.07, 6.45) is 7.99. The van der Waals surface area contributed by atoms with Gasteiger partial charge in [0.1, 0.15) is 5.60 Å². The minimum Gasteiger partial charge on any atom is -0.369 e. The van der Waals surface area contributed by atoms with Gasteiger partial charge < -0.3 is 10.5 Å². The standard InChI is InChI=1S/C12H25NO2/c1-4-5-6-7-8-9-10-12(2,15-3)11(13)14/h4-10H2,1-3H3,(H2,13,14). The van der Waals surface area contributed by atoms with E-state index in [1.165, 1.54) is 25.7 Å². The van der Waals surface area contributed by atoms with Crippen LogP contribution in [0.1, 0.15) is 58.8 Å². The lowest BCUT2D eigenvalue weighted by atomic mass is 9.96. The van der Waals surface area contributed by atoms with Crippen LogP contribution in [-0.4, -0.2) is 18.6 Å². The molecule has 1 unspecified atom stereocenters. The Balaban J connectivity index is 3.60. The number of carbonyl (C=O) groups excluding carboxylic acids is 1. The van der Waals surface area contributed by atoms with Crippen LogP contribution in [-0.2, 0) is 9.53 Å². The quantitative estimate of drug-likeness (QED) is 0.601. The van der Waals surface area contributed by atoms with E-state index in [2.05, 4.69) is 6.92 Å². The lowest BCUT2D eigenvalue weighted by molar-refractivity contribution is -0.138. The summed E-state index contributed by atoms with van der Waals surface area (Å²) in [5.41, 5.74) is 4.51. The topological polar surface area (TPSA) is 52.3 Å². The first kappa shape index (κ1) is 14.4. The van der Waals surface area contributed by atoms with Crippen molar-refractivity contribution in [3.8, 4) is 0 Å². The zero-order valence-corrected chi connectivity index (χ0v) is 10.3. The van der Waals surface area contributed by atoms with Crippen molar-refractivity contribution in [3.05, 3.63) is 0 Å². The number of methoxy groups -OCH3 is 1. The van der Waals surface area contributed by atoms with Gasteiger partial charge in [0.15, 0.2) is 0 Å². The fourth-order valence-electron chi connectivity index (χ4n) is 1.57. The lowest BCUT2D eigenvalue weighted by Crippen LogP contribution is -2.42. The Morgan fingerprint density at radius 2 is 1.73 bits per heavy atom. The van der Waals surface area contributed by atoms with Crippen molar-refractivity contribution in [1.29, 1.82) is 0 Å². The highest BCUT2D eigenvalue weighted by Crippen LogP contribution is 2.18. The number of unbranched alkanes of at least 4 members (excludes halogenated alkanes) is 5. The maximum atomic E-state index is 11.1. The normalized spacial score (nSPS) is 14.9. The second kappa shape index (κ2) is 7.69. The number of rotatable bonds is 9. The molecule has 2 N–H and O–H groups in total. The molecule has 0 aliphatic carbocycles. The van der Waals surface area contributed by atoms with Crippen molar-refractivity contribution < 1.29 is 9.53 Å². The lowest BCUT2D eigenvalue weighted by Gasteiger charge is -2.24. The van der Waals surface area contributed by atoms with Gasteiger partial charge >= 0.3 is 0 Å². The van der Waals surface area contributed by atoms with Crippen LogP contribution < -0.4 is 5.73 Å². The van der Waals surface area contributed by atoms with Crippen LogP contribution >= 0.6 is 0 Å². The summed E-state index contributed by atoms with van der Waals surface area (Å²) in [6.45, 7) is 3.97. The SMILES string of the molecule is CCCCCCCCC(C)(OC)C(N)=O. The largest absolute Gasteiger partial charge is 0.369 e. The summed E-state index contributed by atoms with van der Waals surface area (Å²) >= 11 is 0. The Hall–Kier alpha value is -0.570. The first-order valence-corrected chi connectivity index (χ1v) is 5.92. The molecule has 90 valence electrons. The molecule has 0 aromatic rings. The molecule has 1 atom stereocenters. The van der Waals surface area contributed by atoms with Crippen LogP contribution in [0.2, 0.25) is 0 Å². The van der Waals surface area contributed by atoms with Gasteiger partial charge in [-0.1, -0.05) is 45.4 Å². The van der Waals surface area contributed by atoms with E-state index in [1.54, 1.807) is 14.0 Å². The van der Waals surface area contributed by atoms with Gasteiger partial charge in [-0.25, -0.2) is 0 Å². The van der Waals surface area contributed by atoms with Gasteiger partial charge in [-0.05, 0) is 13.3 Å². The molecule has 0 aromatic carbocycles. The Bertz CT molecular complexity index is 182. The van der Waals surface area contributed by atoms with Crippen LogP contribution in [0.4, 0.5) is 0 Å². The van der Waals surface area contributed by atoms with E-state index in [1.807, 2.05) is 0 Å². The molecule has 1 amide bonds. The fraction of sp³-hybridized carbons (Fsp3) is 0.917. The highest BCUT2D eigenvalue weighted by atomic mass is 16.5. The molecular weight excluding hydrogens is 190 g/mol. The number of ether oxygens (including phenoxy) is 1. The van der Waals surface area contributed by atoms with E-state index in [4.69, 9.17) is 10.5 Å². The van der Waals surface area contributed by atoms with Crippen LogP contribution in [0.25, 0.3) is 0 Å². The number of hydrogen-bond donors (Lipinski definition) is 1. The van der Waals surface area contributed by atoms with E-state index in [-0.39, 0.29) is 5.91 Å². The number of primary amides is 1. The smallest absolute Gasteiger partial charge is 0.249 e. The second-order valence-electron chi connectivity index (χ2n) is 4.32. The van der Waals surface area contributed by atoms with E-state index in [9.17, 15) is 4.79 Å². The third-order valence-corrected chi connectivity index (χ3v) is 2.98. The molecule has 0 aromatic heterocycles. The summed E-state index contributed by atoms with van der Waals surface area (Å²) in [4.78, 5) is 11.1. The summed E-state index contributed by atoms with van der Waals surface area (Å²) in [5.74, 6) is -0.362. The molecule has 0 rings (SSSR count). The van der Waals surface area contributed by atoms with Crippen LogP contribution in [0.3, 0.4) is 0 Å². The highest BCUT2D eigenvalue weighted by molar-refractivity contribution is 5.82. The Kier molecular flexibility index (Phi) is 7.39. The van der Waals surface area contributed by atoms with Crippen molar-refractivity contribution in [2.45, 2.75) is 64.4 Å². The molecule has 0 aliphatic rings. The number of carbonyl (C=O) groups is 1. The van der Waals surface area contributed by atoms with Crippen molar-refractivity contribution >= 4 is 5.91 Å². The van der Waals surface area contributed by atoms with E-state index in [0.717, 1.165) is 19.3 Å². The summed E-state index contributed by atoms with van der Waals surface area (Å²) < 4.78 is 5.15. The maximum absolute atomic E-state index is 11.1. The molecule has 0 radical (unpaired) electrons. The predicted octanol–water partition coefficient (Wildman–Crippen LogP) is 2.63. The van der Waals surface area contributed by atoms with Crippen molar-refractivity contribution in [3.63, 3.8) is 0 Å². The monoisotopic (exact) mass is 215 g/mol. The third kappa shape index (κ3) is 5.78. The molecule has 0 saturated heterocycles. The van der Waals surface area contributed by atoms with E-state index >= 15 is 0 Å². The van der Waals surface area contributed by atoms with Crippen LogP contribution in [0.5, 0.6) is 0 Å². The number of amides is 1. The number of nitrogens with two attached hydrogens (primary N) is 1. The molecule has 3 heteroatoms. The Labute approximate surface area is 93.4 Å². The zero-order valence-electron chi connectivity index (χ0n) is 10.3.